The summed E-state index contributed by atoms with van der Waals surface area (Å²) in [5, 5.41) is 7.66. The first-order valence-corrected chi connectivity index (χ1v) is 9.85. The average molecular weight is 372 g/mol. The van der Waals surface area contributed by atoms with Crippen molar-refractivity contribution in [3.05, 3.63) is 46.7 Å². The molecule has 1 heterocycles. The number of carbonyl (C=O) groups is 2. The van der Waals surface area contributed by atoms with E-state index in [4.69, 9.17) is 4.74 Å². The third-order valence-corrected chi connectivity index (χ3v) is 5.38. The topological polar surface area (TPSA) is 67.4 Å². The number of ether oxygens (including phenoxy) is 1. The van der Waals surface area contributed by atoms with Crippen LogP contribution in [0.25, 0.3) is 0 Å². The molecule has 1 aliphatic carbocycles. The fourth-order valence-corrected chi connectivity index (χ4v) is 3.95. The van der Waals surface area contributed by atoms with E-state index < -0.39 is 0 Å². The molecule has 1 aromatic heterocycles. The number of nitrogens with one attached hydrogen (secondary N) is 2. The minimum Gasteiger partial charge on any atom is -0.490 e. The van der Waals surface area contributed by atoms with Crippen molar-refractivity contribution < 1.29 is 14.3 Å². The Kier molecular flexibility index (Phi) is 6.28. The van der Waals surface area contributed by atoms with E-state index in [1.807, 2.05) is 41.8 Å². The molecule has 1 fully saturated rings. The zero-order valence-corrected chi connectivity index (χ0v) is 15.7. The standard InChI is InChI=1S/C20H24N2O3S/c1-14(23)21-18(19-7-4-12-26-19)13-20(24)22-15-8-10-17(11-9-15)25-16-5-2-3-6-16/h4,7-12,16,18H,2-3,5-6,13H2,1H3,(H,21,23)(H,22,24). The lowest BCUT2D eigenvalue weighted by molar-refractivity contribution is -0.120. The summed E-state index contributed by atoms with van der Waals surface area (Å²) < 4.78 is 5.93. The smallest absolute Gasteiger partial charge is 0.226 e. The Morgan fingerprint density at radius 2 is 1.92 bits per heavy atom. The zero-order valence-electron chi connectivity index (χ0n) is 14.9. The summed E-state index contributed by atoms with van der Waals surface area (Å²) >= 11 is 1.53. The van der Waals surface area contributed by atoms with E-state index in [2.05, 4.69) is 10.6 Å². The Bertz CT molecular complexity index is 722. The highest BCUT2D eigenvalue weighted by Crippen LogP contribution is 2.26. The Morgan fingerprint density at radius 1 is 1.19 bits per heavy atom. The van der Waals surface area contributed by atoms with Crippen LogP contribution in [0, 0.1) is 0 Å². The monoisotopic (exact) mass is 372 g/mol. The molecule has 26 heavy (non-hydrogen) atoms. The predicted octanol–water partition coefficient (Wildman–Crippen LogP) is 4.28. The van der Waals surface area contributed by atoms with Crippen molar-refractivity contribution in [3.8, 4) is 5.75 Å². The largest absolute Gasteiger partial charge is 0.490 e. The lowest BCUT2D eigenvalue weighted by Crippen LogP contribution is -2.29. The number of anilines is 1. The molecule has 0 aliphatic heterocycles. The first-order valence-electron chi connectivity index (χ1n) is 8.97. The molecule has 0 radical (unpaired) electrons. The van der Waals surface area contributed by atoms with Crippen LogP contribution in [0.2, 0.25) is 0 Å². The molecular weight excluding hydrogens is 348 g/mol. The quantitative estimate of drug-likeness (QED) is 0.762. The van der Waals surface area contributed by atoms with Crippen LogP contribution in [0.3, 0.4) is 0 Å². The summed E-state index contributed by atoms with van der Waals surface area (Å²) in [5.41, 5.74) is 0.724. The van der Waals surface area contributed by atoms with E-state index >= 15 is 0 Å². The van der Waals surface area contributed by atoms with Gasteiger partial charge in [0.25, 0.3) is 0 Å². The molecular formula is C20H24N2O3S. The van der Waals surface area contributed by atoms with Gasteiger partial charge in [0.2, 0.25) is 11.8 Å². The maximum Gasteiger partial charge on any atom is 0.226 e. The Hall–Kier alpha value is -2.34. The van der Waals surface area contributed by atoms with Gasteiger partial charge in [0.15, 0.2) is 0 Å². The molecule has 5 nitrogen and oxygen atoms in total. The van der Waals surface area contributed by atoms with Crippen molar-refractivity contribution >= 4 is 28.8 Å². The minimum absolute atomic E-state index is 0.137. The van der Waals surface area contributed by atoms with Gasteiger partial charge in [0.1, 0.15) is 5.75 Å². The Morgan fingerprint density at radius 3 is 2.54 bits per heavy atom. The van der Waals surface area contributed by atoms with Gasteiger partial charge in [-0.3, -0.25) is 9.59 Å². The van der Waals surface area contributed by atoms with E-state index in [0.717, 1.165) is 29.2 Å². The normalized spacial score (nSPS) is 15.4. The molecule has 1 unspecified atom stereocenters. The van der Waals surface area contributed by atoms with E-state index in [9.17, 15) is 9.59 Å². The lowest BCUT2D eigenvalue weighted by Gasteiger charge is -2.16. The van der Waals surface area contributed by atoms with Crippen LogP contribution in [0.15, 0.2) is 41.8 Å². The van der Waals surface area contributed by atoms with Gasteiger partial charge in [-0.05, 0) is 61.4 Å². The highest BCUT2D eigenvalue weighted by molar-refractivity contribution is 7.10. The maximum absolute atomic E-state index is 12.4. The molecule has 1 saturated carbocycles. The summed E-state index contributed by atoms with van der Waals surface area (Å²) in [5.74, 6) is 0.552. The molecule has 2 aromatic rings. The summed E-state index contributed by atoms with van der Waals surface area (Å²) in [6.45, 7) is 1.46. The predicted molar refractivity (Wildman–Crippen MR) is 103 cm³/mol. The zero-order chi connectivity index (χ0) is 18.4. The molecule has 0 saturated heterocycles. The molecule has 2 N–H and O–H groups in total. The summed E-state index contributed by atoms with van der Waals surface area (Å²) in [7, 11) is 0. The molecule has 0 bridgehead atoms. The van der Waals surface area contributed by atoms with Gasteiger partial charge < -0.3 is 15.4 Å². The number of benzene rings is 1. The van der Waals surface area contributed by atoms with E-state index in [1.165, 1.54) is 31.1 Å². The van der Waals surface area contributed by atoms with Crippen LogP contribution < -0.4 is 15.4 Å². The average Bonchev–Trinajstić information content (AvgIpc) is 3.29. The molecule has 2 amide bonds. The minimum atomic E-state index is -0.308. The maximum atomic E-state index is 12.4. The Labute approximate surface area is 157 Å². The molecule has 0 spiro atoms. The van der Waals surface area contributed by atoms with Crippen LogP contribution >= 0.6 is 11.3 Å². The lowest BCUT2D eigenvalue weighted by atomic mass is 10.1. The number of hydrogen-bond donors (Lipinski definition) is 2. The van der Waals surface area contributed by atoms with Crippen molar-refractivity contribution in [3.63, 3.8) is 0 Å². The van der Waals surface area contributed by atoms with Gasteiger partial charge in [-0.15, -0.1) is 11.3 Å². The van der Waals surface area contributed by atoms with E-state index in [0.29, 0.717) is 6.10 Å². The summed E-state index contributed by atoms with van der Waals surface area (Å²) in [6, 6.07) is 11.0. The van der Waals surface area contributed by atoms with Gasteiger partial charge in [-0.2, -0.15) is 0 Å². The molecule has 1 atom stereocenters. The fourth-order valence-electron chi connectivity index (χ4n) is 3.17. The van der Waals surface area contributed by atoms with Crippen molar-refractivity contribution in [1.29, 1.82) is 0 Å². The third-order valence-electron chi connectivity index (χ3n) is 4.40. The first-order chi connectivity index (χ1) is 12.6. The number of rotatable bonds is 7. The number of hydrogen-bond acceptors (Lipinski definition) is 4. The summed E-state index contributed by atoms with van der Waals surface area (Å²) in [4.78, 5) is 24.8. The van der Waals surface area contributed by atoms with Gasteiger partial charge >= 0.3 is 0 Å². The summed E-state index contributed by atoms with van der Waals surface area (Å²) in [6.07, 6.45) is 5.22. The van der Waals surface area contributed by atoms with Crippen molar-refractivity contribution in [2.75, 3.05) is 5.32 Å². The van der Waals surface area contributed by atoms with Gasteiger partial charge in [0.05, 0.1) is 18.6 Å². The van der Waals surface area contributed by atoms with Crippen molar-refractivity contribution in [2.24, 2.45) is 0 Å². The number of amides is 2. The highest BCUT2D eigenvalue weighted by atomic mass is 32.1. The van der Waals surface area contributed by atoms with Gasteiger partial charge in [0, 0.05) is 17.5 Å². The van der Waals surface area contributed by atoms with Gasteiger partial charge in [-0.25, -0.2) is 0 Å². The number of thiophene rings is 1. The van der Waals surface area contributed by atoms with Crippen molar-refractivity contribution in [1.82, 2.24) is 5.32 Å². The molecule has 138 valence electrons. The first kappa shape index (κ1) is 18.5. The SMILES string of the molecule is CC(=O)NC(CC(=O)Nc1ccc(OC2CCCC2)cc1)c1cccs1. The second kappa shape index (κ2) is 8.85. The second-order valence-electron chi connectivity index (χ2n) is 6.57. The Balaban J connectivity index is 1.55. The molecule has 1 aromatic carbocycles. The molecule has 3 rings (SSSR count). The molecule has 6 heteroatoms. The fraction of sp³-hybridized carbons (Fsp3) is 0.400. The second-order valence-corrected chi connectivity index (χ2v) is 7.55. The van der Waals surface area contributed by atoms with E-state index in [-0.39, 0.29) is 24.3 Å². The van der Waals surface area contributed by atoms with Crippen molar-refractivity contribution in [2.45, 2.75) is 51.2 Å². The van der Waals surface area contributed by atoms with E-state index in [1.54, 1.807) is 0 Å². The van der Waals surface area contributed by atoms with Crippen LogP contribution in [0.4, 0.5) is 5.69 Å². The third kappa shape index (κ3) is 5.33. The van der Waals surface area contributed by atoms with Crippen LogP contribution in [0.1, 0.15) is 49.9 Å². The van der Waals surface area contributed by atoms with Crippen LogP contribution in [0.5, 0.6) is 5.75 Å². The molecule has 1 aliphatic rings. The van der Waals surface area contributed by atoms with Crippen LogP contribution in [-0.2, 0) is 9.59 Å². The van der Waals surface area contributed by atoms with Gasteiger partial charge in [-0.1, -0.05) is 6.07 Å². The number of carbonyl (C=O) groups excluding carboxylic acids is 2. The highest BCUT2D eigenvalue weighted by Gasteiger charge is 2.19. The van der Waals surface area contributed by atoms with Crippen LogP contribution in [-0.4, -0.2) is 17.9 Å².